The van der Waals surface area contributed by atoms with E-state index in [2.05, 4.69) is 19.2 Å². The van der Waals surface area contributed by atoms with Gasteiger partial charge >= 0.3 is 5.97 Å². The highest BCUT2D eigenvalue weighted by Gasteiger charge is 2.44. The zero-order chi connectivity index (χ0) is 11.8. The monoisotopic (exact) mass is 225 g/mol. The Kier molecular flexibility index (Phi) is 3.24. The van der Waals surface area contributed by atoms with Crippen LogP contribution in [0.25, 0.3) is 0 Å². The average molecular weight is 225 g/mol. The van der Waals surface area contributed by atoms with E-state index in [0.717, 1.165) is 19.3 Å². The molecule has 2 aliphatic carbocycles. The third kappa shape index (κ3) is 2.40. The fourth-order valence-electron chi connectivity index (χ4n) is 3.09. The van der Waals surface area contributed by atoms with Gasteiger partial charge in [-0.3, -0.25) is 10.1 Å². The first-order valence-corrected chi connectivity index (χ1v) is 6.54. The van der Waals surface area contributed by atoms with Gasteiger partial charge in [0.05, 0.1) is 0 Å². The summed E-state index contributed by atoms with van der Waals surface area (Å²) in [4.78, 5) is 11.5. The van der Waals surface area contributed by atoms with E-state index in [1.807, 2.05) is 0 Å². The molecule has 0 saturated heterocycles. The molecule has 3 heteroatoms. The number of aliphatic carboxylic acids is 1. The van der Waals surface area contributed by atoms with E-state index in [1.54, 1.807) is 0 Å². The van der Waals surface area contributed by atoms with Crippen LogP contribution >= 0.6 is 0 Å². The largest absolute Gasteiger partial charge is 0.480 e. The molecule has 0 radical (unpaired) electrons. The van der Waals surface area contributed by atoms with Crippen molar-refractivity contribution in [1.82, 2.24) is 5.32 Å². The van der Waals surface area contributed by atoms with E-state index in [4.69, 9.17) is 0 Å². The van der Waals surface area contributed by atoms with Crippen LogP contribution in [0.1, 0.15) is 52.4 Å². The molecule has 2 N–H and O–H groups in total. The van der Waals surface area contributed by atoms with Crippen molar-refractivity contribution in [1.29, 1.82) is 0 Å². The number of carbonyl (C=O) groups is 1. The van der Waals surface area contributed by atoms with E-state index in [-0.39, 0.29) is 0 Å². The molecule has 0 aliphatic heterocycles. The Hall–Kier alpha value is -0.570. The zero-order valence-electron chi connectivity index (χ0n) is 10.3. The molecule has 2 saturated carbocycles. The summed E-state index contributed by atoms with van der Waals surface area (Å²) in [5, 5.41) is 12.9. The molecule has 3 atom stereocenters. The second-order valence-corrected chi connectivity index (χ2v) is 5.86. The van der Waals surface area contributed by atoms with E-state index < -0.39 is 11.5 Å². The molecule has 0 aromatic rings. The predicted octanol–water partition coefficient (Wildman–Crippen LogP) is 2.41. The Bertz CT molecular complexity index is 275. The maximum absolute atomic E-state index is 11.5. The smallest absolute Gasteiger partial charge is 0.323 e. The molecule has 0 bridgehead atoms. The molecule has 2 aliphatic rings. The molecule has 3 nitrogen and oxygen atoms in total. The summed E-state index contributed by atoms with van der Waals surface area (Å²) >= 11 is 0. The Morgan fingerprint density at radius 2 is 2.12 bits per heavy atom. The third-order valence-electron chi connectivity index (χ3n) is 4.24. The number of hydrogen-bond donors (Lipinski definition) is 2. The van der Waals surface area contributed by atoms with Crippen LogP contribution in [0.2, 0.25) is 0 Å². The van der Waals surface area contributed by atoms with Crippen molar-refractivity contribution in [3.05, 3.63) is 0 Å². The quantitative estimate of drug-likeness (QED) is 0.772. The first-order chi connectivity index (χ1) is 7.53. The van der Waals surface area contributed by atoms with Crippen molar-refractivity contribution in [2.45, 2.75) is 64.0 Å². The summed E-state index contributed by atoms with van der Waals surface area (Å²) in [5.41, 5.74) is -0.639. The van der Waals surface area contributed by atoms with Crippen LogP contribution in [-0.4, -0.2) is 22.7 Å². The summed E-state index contributed by atoms with van der Waals surface area (Å²) in [7, 11) is 0. The highest BCUT2D eigenvalue weighted by molar-refractivity contribution is 5.79. The Morgan fingerprint density at radius 1 is 1.44 bits per heavy atom. The van der Waals surface area contributed by atoms with E-state index in [1.165, 1.54) is 19.3 Å². The number of rotatable bonds is 4. The predicted molar refractivity (Wildman–Crippen MR) is 63.3 cm³/mol. The van der Waals surface area contributed by atoms with Gasteiger partial charge in [0, 0.05) is 6.04 Å². The van der Waals surface area contributed by atoms with Gasteiger partial charge < -0.3 is 5.11 Å². The lowest BCUT2D eigenvalue weighted by molar-refractivity contribution is -0.147. The number of hydrogen-bond acceptors (Lipinski definition) is 2. The molecular weight excluding hydrogens is 202 g/mol. The molecule has 0 spiro atoms. The van der Waals surface area contributed by atoms with Crippen LogP contribution in [0.15, 0.2) is 0 Å². The zero-order valence-corrected chi connectivity index (χ0v) is 10.3. The van der Waals surface area contributed by atoms with Gasteiger partial charge in [-0.1, -0.05) is 19.8 Å². The molecule has 0 aromatic carbocycles. The van der Waals surface area contributed by atoms with Gasteiger partial charge in [-0.2, -0.15) is 0 Å². The topological polar surface area (TPSA) is 49.3 Å². The van der Waals surface area contributed by atoms with Crippen molar-refractivity contribution >= 4 is 5.97 Å². The van der Waals surface area contributed by atoms with Crippen LogP contribution in [0.5, 0.6) is 0 Å². The SMILES string of the molecule is CC1CCCC(NC(C)C2CC2)(C(=O)O)C1. The first-order valence-electron chi connectivity index (χ1n) is 6.54. The van der Waals surface area contributed by atoms with Crippen molar-refractivity contribution in [3.8, 4) is 0 Å². The molecular formula is C13H23NO2. The normalized spacial score (nSPS) is 37.0. The van der Waals surface area contributed by atoms with Crippen LogP contribution in [0, 0.1) is 11.8 Å². The average Bonchev–Trinajstić information content (AvgIpc) is 3.00. The first kappa shape index (κ1) is 11.9. The highest BCUT2D eigenvalue weighted by atomic mass is 16.4. The summed E-state index contributed by atoms with van der Waals surface area (Å²) in [6, 6.07) is 0.362. The van der Waals surface area contributed by atoms with Crippen molar-refractivity contribution in [2.24, 2.45) is 11.8 Å². The lowest BCUT2D eigenvalue weighted by atomic mass is 9.76. The molecule has 0 aromatic heterocycles. The molecule has 0 heterocycles. The molecule has 16 heavy (non-hydrogen) atoms. The van der Waals surface area contributed by atoms with Gasteiger partial charge in [-0.05, 0) is 44.4 Å². The van der Waals surface area contributed by atoms with Gasteiger partial charge in [0.15, 0.2) is 0 Å². The maximum atomic E-state index is 11.5. The molecule has 2 fully saturated rings. The summed E-state index contributed by atoms with van der Waals surface area (Å²) in [5.74, 6) is 0.601. The fourth-order valence-corrected chi connectivity index (χ4v) is 3.09. The fraction of sp³-hybridized carbons (Fsp3) is 0.923. The van der Waals surface area contributed by atoms with Crippen LogP contribution in [0.3, 0.4) is 0 Å². The third-order valence-corrected chi connectivity index (χ3v) is 4.24. The molecule has 2 rings (SSSR count). The van der Waals surface area contributed by atoms with Crippen molar-refractivity contribution < 1.29 is 9.90 Å². The van der Waals surface area contributed by atoms with Gasteiger partial charge in [0.25, 0.3) is 0 Å². The van der Waals surface area contributed by atoms with E-state index in [9.17, 15) is 9.90 Å². The lowest BCUT2D eigenvalue weighted by Crippen LogP contribution is -2.58. The Morgan fingerprint density at radius 3 is 2.62 bits per heavy atom. The number of nitrogens with one attached hydrogen (secondary N) is 1. The molecule has 3 unspecified atom stereocenters. The maximum Gasteiger partial charge on any atom is 0.323 e. The lowest BCUT2D eigenvalue weighted by Gasteiger charge is -2.39. The minimum atomic E-state index is -0.647. The van der Waals surface area contributed by atoms with Gasteiger partial charge in [0.2, 0.25) is 0 Å². The van der Waals surface area contributed by atoms with Crippen LogP contribution in [0.4, 0.5) is 0 Å². The van der Waals surface area contributed by atoms with E-state index >= 15 is 0 Å². The van der Waals surface area contributed by atoms with Gasteiger partial charge in [-0.25, -0.2) is 0 Å². The Balaban J connectivity index is 2.04. The van der Waals surface area contributed by atoms with E-state index in [0.29, 0.717) is 17.9 Å². The standard InChI is InChI=1S/C13H23NO2/c1-9-4-3-7-13(8-9,12(15)16)14-10(2)11-5-6-11/h9-11,14H,3-8H2,1-2H3,(H,15,16). The second kappa shape index (κ2) is 4.36. The Labute approximate surface area is 97.6 Å². The summed E-state index contributed by atoms with van der Waals surface area (Å²) in [6.07, 6.45) is 6.33. The van der Waals surface area contributed by atoms with Crippen molar-refractivity contribution in [3.63, 3.8) is 0 Å². The van der Waals surface area contributed by atoms with Crippen LogP contribution < -0.4 is 5.32 Å². The number of carboxylic acids is 1. The number of carboxylic acid groups (broad SMARTS) is 1. The van der Waals surface area contributed by atoms with Gasteiger partial charge in [-0.15, -0.1) is 0 Å². The second-order valence-electron chi connectivity index (χ2n) is 5.86. The minimum absolute atomic E-state index is 0.362. The van der Waals surface area contributed by atoms with Crippen molar-refractivity contribution in [2.75, 3.05) is 0 Å². The molecule has 92 valence electrons. The highest BCUT2D eigenvalue weighted by Crippen LogP contribution is 2.37. The summed E-state index contributed by atoms with van der Waals surface area (Å²) in [6.45, 7) is 4.31. The van der Waals surface area contributed by atoms with Gasteiger partial charge in [0.1, 0.15) is 5.54 Å². The minimum Gasteiger partial charge on any atom is -0.480 e. The molecule has 0 amide bonds. The summed E-state index contributed by atoms with van der Waals surface area (Å²) < 4.78 is 0. The van der Waals surface area contributed by atoms with Crippen LogP contribution in [-0.2, 0) is 4.79 Å².